The fourth-order valence-electron chi connectivity index (χ4n) is 0.972. The van der Waals surface area contributed by atoms with Crippen LogP contribution in [0.5, 0.6) is 0 Å². The van der Waals surface area contributed by atoms with Gasteiger partial charge in [0.2, 0.25) is 6.20 Å². The number of aryl methyl sites for hydroxylation is 2. The number of aromatic nitrogens is 1. The van der Waals surface area contributed by atoms with Gasteiger partial charge in [-0.2, -0.15) is 0 Å². The van der Waals surface area contributed by atoms with Gasteiger partial charge < -0.3 is 0 Å². The van der Waals surface area contributed by atoms with Crippen LogP contribution in [0.3, 0.4) is 0 Å². The molecule has 0 saturated carbocycles. The Balaban J connectivity index is 3.07. The average Bonchev–Trinajstić information content (AvgIpc) is 1.88. The normalized spacial score (nSPS) is 9.90. The summed E-state index contributed by atoms with van der Waals surface area (Å²) in [6, 6.07) is 3.29. The van der Waals surface area contributed by atoms with Crippen LogP contribution in [0.15, 0.2) is 18.3 Å². The summed E-state index contributed by atoms with van der Waals surface area (Å²) in [6.45, 7) is 2.05. The molecule has 0 aromatic carbocycles. The second-order valence-electron chi connectivity index (χ2n) is 2.30. The maximum Gasteiger partial charge on any atom is 0.204 e. The van der Waals surface area contributed by atoms with Crippen molar-refractivity contribution in [2.24, 2.45) is 7.05 Å². The van der Waals surface area contributed by atoms with Crippen molar-refractivity contribution >= 4 is 0 Å². The first-order valence-corrected chi connectivity index (χ1v) is 3.38. The first-order chi connectivity index (χ1) is 4.74. The highest BCUT2D eigenvalue weighted by atomic mass is 19.1. The molecule has 0 aliphatic carbocycles. The second kappa shape index (κ2) is 2.78. The SMILES string of the molecule is CCc1ccc(F)c[n+]1C. The highest BCUT2D eigenvalue weighted by molar-refractivity contribution is 4.98. The van der Waals surface area contributed by atoms with Crippen molar-refractivity contribution in [2.75, 3.05) is 0 Å². The molecule has 2 heteroatoms. The van der Waals surface area contributed by atoms with E-state index in [0.29, 0.717) is 0 Å². The van der Waals surface area contributed by atoms with E-state index < -0.39 is 0 Å². The molecule has 1 heterocycles. The van der Waals surface area contributed by atoms with Crippen molar-refractivity contribution in [3.8, 4) is 0 Å². The zero-order valence-corrected chi connectivity index (χ0v) is 6.26. The summed E-state index contributed by atoms with van der Waals surface area (Å²) in [5.74, 6) is -0.181. The quantitative estimate of drug-likeness (QED) is 0.516. The summed E-state index contributed by atoms with van der Waals surface area (Å²) < 4.78 is 14.3. The molecule has 0 aliphatic rings. The number of rotatable bonds is 1. The van der Waals surface area contributed by atoms with E-state index in [2.05, 4.69) is 0 Å². The zero-order chi connectivity index (χ0) is 7.56. The first kappa shape index (κ1) is 7.19. The van der Waals surface area contributed by atoms with Gasteiger partial charge in [0.25, 0.3) is 0 Å². The van der Waals surface area contributed by atoms with Crippen molar-refractivity contribution in [1.29, 1.82) is 0 Å². The van der Waals surface area contributed by atoms with Crippen molar-refractivity contribution in [2.45, 2.75) is 13.3 Å². The summed E-state index contributed by atoms with van der Waals surface area (Å²) in [4.78, 5) is 0. The third-order valence-electron chi connectivity index (χ3n) is 1.57. The molecule has 10 heavy (non-hydrogen) atoms. The van der Waals surface area contributed by atoms with Gasteiger partial charge in [0, 0.05) is 12.5 Å². The largest absolute Gasteiger partial charge is 0.204 e. The van der Waals surface area contributed by atoms with E-state index in [1.54, 1.807) is 10.6 Å². The lowest BCUT2D eigenvalue weighted by Gasteiger charge is -1.93. The van der Waals surface area contributed by atoms with Crippen LogP contribution in [0.1, 0.15) is 12.6 Å². The Morgan fingerprint density at radius 2 is 2.20 bits per heavy atom. The van der Waals surface area contributed by atoms with Gasteiger partial charge in [-0.25, -0.2) is 8.96 Å². The molecule has 1 aromatic rings. The van der Waals surface area contributed by atoms with E-state index in [0.717, 1.165) is 12.1 Å². The summed E-state index contributed by atoms with van der Waals surface area (Å²) in [7, 11) is 1.85. The molecule has 0 amide bonds. The predicted octanol–water partition coefficient (Wildman–Crippen LogP) is 1.21. The molecular formula is C8H11FN+. The minimum absolute atomic E-state index is 0.181. The zero-order valence-electron chi connectivity index (χ0n) is 6.26. The number of halogens is 1. The number of pyridine rings is 1. The lowest BCUT2D eigenvalue weighted by atomic mass is 10.3. The van der Waals surface area contributed by atoms with E-state index in [4.69, 9.17) is 0 Å². The van der Waals surface area contributed by atoms with Crippen LogP contribution in [0.25, 0.3) is 0 Å². The summed E-state index contributed by atoms with van der Waals surface area (Å²) in [5, 5.41) is 0. The monoisotopic (exact) mass is 140 g/mol. The Kier molecular flexibility index (Phi) is 2.00. The molecule has 0 unspecified atom stereocenters. The molecule has 1 rings (SSSR count). The Hall–Kier alpha value is -0.920. The maximum atomic E-state index is 12.5. The van der Waals surface area contributed by atoms with E-state index in [1.807, 2.05) is 14.0 Å². The van der Waals surface area contributed by atoms with Crippen LogP contribution < -0.4 is 4.57 Å². The summed E-state index contributed by atoms with van der Waals surface area (Å²) in [5.41, 5.74) is 1.14. The van der Waals surface area contributed by atoms with Crippen molar-refractivity contribution in [3.05, 3.63) is 29.8 Å². The van der Waals surface area contributed by atoms with Gasteiger partial charge in [-0.3, -0.25) is 0 Å². The van der Waals surface area contributed by atoms with Gasteiger partial charge in [-0.15, -0.1) is 0 Å². The molecule has 0 fully saturated rings. The summed E-state index contributed by atoms with van der Waals surface area (Å²) in [6.07, 6.45) is 2.43. The highest BCUT2D eigenvalue weighted by Crippen LogP contribution is 1.95. The van der Waals surface area contributed by atoms with Gasteiger partial charge in [0.15, 0.2) is 11.5 Å². The minimum Gasteiger partial charge on any atom is -0.203 e. The van der Waals surface area contributed by atoms with Gasteiger partial charge in [0.1, 0.15) is 7.05 Å². The molecular weight excluding hydrogens is 129 g/mol. The van der Waals surface area contributed by atoms with E-state index >= 15 is 0 Å². The standard InChI is InChI=1S/C8H11FN/c1-3-8-5-4-7(9)6-10(8)2/h4-6H,3H2,1-2H3/q+1. The van der Waals surface area contributed by atoms with Crippen LogP contribution >= 0.6 is 0 Å². The molecule has 0 bridgehead atoms. The Labute approximate surface area is 60.1 Å². The highest BCUT2D eigenvalue weighted by Gasteiger charge is 2.03. The van der Waals surface area contributed by atoms with Crippen molar-refractivity contribution in [1.82, 2.24) is 0 Å². The van der Waals surface area contributed by atoms with Crippen LogP contribution in [0.2, 0.25) is 0 Å². The molecule has 1 nitrogen and oxygen atoms in total. The van der Waals surface area contributed by atoms with Crippen LogP contribution in [0.4, 0.5) is 4.39 Å². The molecule has 0 radical (unpaired) electrons. The molecule has 0 atom stereocenters. The smallest absolute Gasteiger partial charge is 0.203 e. The predicted molar refractivity (Wildman–Crippen MR) is 37.0 cm³/mol. The van der Waals surface area contributed by atoms with Gasteiger partial charge in [-0.05, 0) is 6.07 Å². The van der Waals surface area contributed by atoms with E-state index in [9.17, 15) is 4.39 Å². The van der Waals surface area contributed by atoms with Gasteiger partial charge in [0.05, 0.1) is 0 Å². The molecule has 1 aromatic heterocycles. The topological polar surface area (TPSA) is 3.88 Å². The fourth-order valence-corrected chi connectivity index (χ4v) is 0.972. The van der Waals surface area contributed by atoms with Crippen molar-refractivity contribution < 1.29 is 8.96 Å². The van der Waals surface area contributed by atoms with Crippen molar-refractivity contribution in [3.63, 3.8) is 0 Å². The van der Waals surface area contributed by atoms with E-state index in [1.165, 1.54) is 12.3 Å². The average molecular weight is 140 g/mol. The third-order valence-corrected chi connectivity index (χ3v) is 1.57. The first-order valence-electron chi connectivity index (χ1n) is 3.38. The molecule has 0 saturated heterocycles. The van der Waals surface area contributed by atoms with Gasteiger partial charge in [-0.1, -0.05) is 6.92 Å². The fraction of sp³-hybridized carbons (Fsp3) is 0.375. The molecule has 0 spiro atoms. The van der Waals surface area contributed by atoms with Gasteiger partial charge >= 0.3 is 0 Å². The Morgan fingerprint density at radius 3 is 2.70 bits per heavy atom. The third kappa shape index (κ3) is 1.32. The lowest BCUT2D eigenvalue weighted by molar-refractivity contribution is -0.680. The van der Waals surface area contributed by atoms with E-state index in [-0.39, 0.29) is 5.82 Å². The minimum atomic E-state index is -0.181. The number of hydrogen-bond acceptors (Lipinski definition) is 0. The second-order valence-corrected chi connectivity index (χ2v) is 2.30. The summed E-state index contributed by atoms with van der Waals surface area (Å²) >= 11 is 0. The Morgan fingerprint density at radius 1 is 1.50 bits per heavy atom. The van der Waals surface area contributed by atoms with Crippen LogP contribution in [-0.2, 0) is 13.5 Å². The Bertz CT molecular complexity index is 233. The molecule has 0 aliphatic heterocycles. The number of hydrogen-bond donors (Lipinski definition) is 0. The van der Waals surface area contributed by atoms with Crippen LogP contribution in [-0.4, -0.2) is 0 Å². The maximum absolute atomic E-state index is 12.5. The lowest BCUT2D eigenvalue weighted by Crippen LogP contribution is -2.33. The number of nitrogens with zero attached hydrogens (tertiary/aromatic N) is 1. The molecule has 0 N–H and O–H groups in total. The molecule has 54 valence electrons. The van der Waals surface area contributed by atoms with Crippen LogP contribution in [0, 0.1) is 5.82 Å².